The van der Waals surface area contributed by atoms with Gasteiger partial charge in [-0.3, -0.25) is 4.63 Å². The first-order valence-corrected chi connectivity index (χ1v) is 4.89. The van der Waals surface area contributed by atoms with Crippen LogP contribution < -0.4 is 4.90 Å². The highest BCUT2D eigenvalue weighted by atomic mass is 16.8. The van der Waals surface area contributed by atoms with Gasteiger partial charge in [0.25, 0.3) is 0 Å². The van der Waals surface area contributed by atoms with Crippen LogP contribution in [0.5, 0.6) is 0 Å². The van der Waals surface area contributed by atoms with Gasteiger partial charge in [-0.25, -0.2) is 4.79 Å². The molecule has 1 heterocycles. The number of rotatable bonds is 3. The van der Waals surface area contributed by atoms with E-state index in [2.05, 4.69) is 9.79 Å². The minimum absolute atomic E-state index is 0.284. The van der Waals surface area contributed by atoms with Crippen LogP contribution in [0.1, 0.15) is 23.7 Å². The van der Waals surface area contributed by atoms with E-state index in [9.17, 15) is 10.0 Å². The summed E-state index contributed by atoms with van der Waals surface area (Å²) in [4.78, 5) is 11.8. The fraction of sp³-hybridized carbons (Fsp3) is 0.300. The molecule has 0 aliphatic rings. The minimum Gasteiger partial charge on any atom is -0.462 e. The van der Waals surface area contributed by atoms with Crippen molar-refractivity contribution in [1.29, 1.82) is 0 Å². The Balaban J connectivity index is 2.29. The van der Waals surface area contributed by atoms with Crippen molar-refractivity contribution in [1.82, 2.24) is 5.16 Å². The second-order valence-corrected chi connectivity index (χ2v) is 3.27. The summed E-state index contributed by atoms with van der Waals surface area (Å²) in [7, 11) is 0. The molecule has 0 radical (unpaired) electrons. The van der Waals surface area contributed by atoms with Gasteiger partial charge in [0, 0.05) is 11.2 Å². The Kier molecular flexibility index (Phi) is 2.72. The first-order valence-electron chi connectivity index (χ1n) is 4.89. The quantitative estimate of drug-likeness (QED) is 0.572. The number of esters is 1. The molecule has 16 heavy (non-hydrogen) atoms. The third-order valence-electron chi connectivity index (χ3n) is 2.06. The van der Waals surface area contributed by atoms with Gasteiger partial charge in [-0.1, -0.05) is 6.92 Å². The van der Waals surface area contributed by atoms with Crippen molar-refractivity contribution < 1.29 is 19.1 Å². The highest BCUT2D eigenvalue weighted by molar-refractivity contribution is 5.92. The van der Waals surface area contributed by atoms with Crippen LogP contribution in [-0.2, 0) is 4.74 Å². The van der Waals surface area contributed by atoms with Crippen molar-refractivity contribution >= 4 is 17.0 Å². The Morgan fingerprint density at radius 1 is 1.62 bits per heavy atom. The predicted octanol–water partition coefficient (Wildman–Crippen LogP) is 1.03. The van der Waals surface area contributed by atoms with Crippen LogP contribution in [0.2, 0.25) is 0 Å². The number of nitrogens with zero attached hydrogens (tertiary/aromatic N) is 2. The number of benzene rings is 1. The molecule has 0 unspecified atom stereocenters. The molecule has 0 spiro atoms. The summed E-state index contributed by atoms with van der Waals surface area (Å²) in [5.74, 6) is -0.427. The van der Waals surface area contributed by atoms with E-state index in [1.807, 2.05) is 6.92 Å². The summed E-state index contributed by atoms with van der Waals surface area (Å²) in [6.45, 7) is 2.28. The fourth-order valence-corrected chi connectivity index (χ4v) is 1.28. The third-order valence-corrected chi connectivity index (χ3v) is 2.06. The van der Waals surface area contributed by atoms with E-state index < -0.39 is 5.97 Å². The van der Waals surface area contributed by atoms with Crippen LogP contribution in [-0.4, -0.2) is 17.7 Å². The van der Waals surface area contributed by atoms with Crippen LogP contribution in [0.4, 0.5) is 0 Å². The van der Waals surface area contributed by atoms with Crippen LogP contribution >= 0.6 is 0 Å². The molecule has 84 valence electrons. The van der Waals surface area contributed by atoms with Gasteiger partial charge in [0.15, 0.2) is 0 Å². The van der Waals surface area contributed by atoms with Gasteiger partial charge >= 0.3 is 5.97 Å². The number of hydrogen-bond acceptors (Lipinski definition) is 5. The number of carbonyl (C=O) groups is 1. The van der Waals surface area contributed by atoms with Gasteiger partial charge in [-0.2, -0.15) is 0 Å². The van der Waals surface area contributed by atoms with Crippen molar-refractivity contribution in [2.24, 2.45) is 0 Å². The molecule has 1 aromatic carbocycles. The summed E-state index contributed by atoms with van der Waals surface area (Å²) >= 11 is 0. The molecule has 1 aromatic heterocycles. The van der Waals surface area contributed by atoms with Crippen molar-refractivity contribution in [2.75, 3.05) is 6.61 Å². The second-order valence-electron chi connectivity index (χ2n) is 3.27. The molecule has 2 rings (SSSR count). The molecule has 0 saturated carbocycles. The Labute approximate surface area is 90.9 Å². The molecule has 2 aromatic rings. The minimum atomic E-state index is -0.427. The third kappa shape index (κ3) is 1.81. The Bertz CT molecular complexity index is 521. The van der Waals surface area contributed by atoms with Crippen LogP contribution in [0, 0.1) is 5.21 Å². The zero-order chi connectivity index (χ0) is 11.5. The maximum absolute atomic E-state index is 11.5. The van der Waals surface area contributed by atoms with Crippen molar-refractivity contribution in [2.45, 2.75) is 13.3 Å². The summed E-state index contributed by atoms with van der Waals surface area (Å²) in [5, 5.41) is 14.5. The lowest BCUT2D eigenvalue weighted by Gasteiger charge is -2.01. The molecule has 0 aliphatic carbocycles. The number of ether oxygens (including phenoxy) is 1. The van der Waals surface area contributed by atoms with E-state index in [-0.39, 0.29) is 10.4 Å². The smallest absolute Gasteiger partial charge is 0.338 e. The normalized spacial score (nSPS) is 10.6. The number of carbonyl (C=O) groups excluding carboxylic acids is 1. The van der Waals surface area contributed by atoms with E-state index in [1.165, 1.54) is 18.2 Å². The second kappa shape index (κ2) is 4.18. The molecule has 0 bridgehead atoms. The molecule has 0 atom stereocenters. The molecule has 0 N–H and O–H groups in total. The van der Waals surface area contributed by atoms with Crippen molar-refractivity contribution in [3.05, 3.63) is 29.0 Å². The lowest BCUT2D eigenvalue weighted by molar-refractivity contribution is -0.782. The number of aromatic nitrogens is 2. The first kappa shape index (κ1) is 10.4. The molecular formula is C10H10N2O4. The van der Waals surface area contributed by atoms with E-state index in [4.69, 9.17) is 4.74 Å². The van der Waals surface area contributed by atoms with E-state index in [0.717, 1.165) is 6.42 Å². The number of fused-ring (bicyclic) bond motifs is 1. The zero-order valence-electron chi connectivity index (χ0n) is 8.67. The highest BCUT2D eigenvalue weighted by Gasteiger charge is 2.14. The molecule has 0 fully saturated rings. The van der Waals surface area contributed by atoms with E-state index >= 15 is 0 Å². The summed E-state index contributed by atoms with van der Waals surface area (Å²) in [5.41, 5.74) is 0.975. The highest BCUT2D eigenvalue weighted by Crippen LogP contribution is 2.11. The van der Waals surface area contributed by atoms with Crippen LogP contribution in [0.3, 0.4) is 0 Å². The number of hydrogen-bond donors (Lipinski definition) is 0. The first-order chi connectivity index (χ1) is 7.72. The molecule has 0 aliphatic heterocycles. The van der Waals surface area contributed by atoms with E-state index in [0.29, 0.717) is 17.7 Å². The Morgan fingerprint density at radius 3 is 3.19 bits per heavy atom. The molecule has 0 amide bonds. The largest absolute Gasteiger partial charge is 0.462 e. The SMILES string of the molecule is CCCOC(=O)c1ccc2c(c1)no[n+]2[O-]. The molecule has 6 heteroatoms. The fourth-order valence-electron chi connectivity index (χ4n) is 1.28. The van der Waals surface area contributed by atoms with Gasteiger partial charge in [-0.05, 0) is 23.5 Å². The van der Waals surface area contributed by atoms with Crippen LogP contribution in [0.25, 0.3) is 11.0 Å². The molecule has 6 nitrogen and oxygen atoms in total. The lowest BCUT2D eigenvalue weighted by Crippen LogP contribution is -2.22. The predicted molar refractivity (Wildman–Crippen MR) is 53.5 cm³/mol. The van der Waals surface area contributed by atoms with Gasteiger partial charge in [-0.15, -0.1) is 0 Å². The zero-order valence-corrected chi connectivity index (χ0v) is 8.67. The maximum Gasteiger partial charge on any atom is 0.338 e. The monoisotopic (exact) mass is 222 g/mol. The van der Waals surface area contributed by atoms with Gasteiger partial charge in [0.2, 0.25) is 11.0 Å². The molecule has 0 saturated heterocycles. The van der Waals surface area contributed by atoms with Gasteiger partial charge in [0.05, 0.1) is 12.2 Å². The summed E-state index contributed by atoms with van der Waals surface area (Å²) in [6, 6.07) is 4.44. The average Bonchev–Trinajstić information content (AvgIpc) is 2.67. The van der Waals surface area contributed by atoms with Crippen LogP contribution in [0.15, 0.2) is 22.8 Å². The lowest BCUT2D eigenvalue weighted by atomic mass is 10.2. The van der Waals surface area contributed by atoms with Crippen molar-refractivity contribution in [3.63, 3.8) is 0 Å². The Morgan fingerprint density at radius 2 is 2.44 bits per heavy atom. The standard InChI is InChI=1S/C10H10N2O4/c1-2-5-15-10(13)7-3-4-9-8(6-7)11-16-12(9)14/h3-4,6H,2,5H2,1H3. The topological polar surface area (TPSA) is 79.3 Å². The van der Waals surface area contributed by atoms with E-state index in [1.54, 1.807) is 0 Å². The van der Waals surface area contributed by atoms with Crippen molar-refractivity contribution in [3.8, 4) is 0 Å². The summed E-state index contributed by atoms with van der Waals surface area (Å²) < 4.78 is 9.34. The maximum atomic E-state index is 11.5. The Hall–Kier alpha value is -2.11. The van der Waals surface area contributed by atoms with Gasteiger partial charge in [0.1, 0.15) is 0 Å². The average molecular weight is 222 g/mol. The molecular weight excluding hydrogens is 212 g/mol. The van der Waals surface area contributed by atoms with Gasteiger partial charge < -0.3 is 9.94 Å². The summed E-state index contributed by atoms with van der Waals surface area (Å²) in [6.07, 6.45) is 0.762.